The average molecular weight is 1560 g/mol. The van der Waals surface area contributed by atoms with Gasteiger partial charge in [-0.25, -0.2) is 29.9 Å². The molecule has 0 saturated heterocycles. The van der Waals surface area contributed by atoms with Crippen LogP contribution in [0.15, 0.2) is 412 Å². The zero-order valence-corrected chi connectivity index (χ0v) is 65.6. The third-order valence-corrected chi connectivity index (χ3v) is 24.2. The van der Waals surface area contributed by atoms with Gasteiger partial charge < -0.3 is 17.7 Å². The van der Waals surface area contributed by atoms with E-state index in [0.717, 1.165) is 193 Å². The van der Waals surface area contributed by atoms with Crippen LogP contribution in [0.4, 0.5) is 0 Å². The van der Waals surface area contributed by atoms with E-state index in [9.17, 15) is 0 Å². The van der Waals surface area contributed by atoms with Gasteiger partial charge in [-0.1, -0.05) is 328 Å². The molecule has 0 saturated carbocycles. The lowest BCUT2D eigenvalue weighted by atomic mass is 9.80. The van der Waals surface area contributed by atoms with E-state index in [2.05, 4.69) is 328 Å². The van der Waals surface area contributed by atoms with E-state index in [1.807, 2.05) is 66.7 Å². The Balaban J connectivity index is 0.664. The molecule has 0 N–H and O–H groups in total. The minimum absolute atomic E-state index is 0.0259. The summed E-state index contributed by atoms with van der Waals surface area (Å²) in [6.07, 6.45) is 7.77. The van der Waals surface area contributed by atoms with Crippen LogP contribution in [0.3, 0.4) is 0 Å². The molecule has 10 heteroatoms. The van der Waals surface area contributed by atoms with Crippen molar-refractivity contribution in [2.24, 2.45) is 0 Å². The summed E-state index contributed by atoms with van der Waals surface area (Å²) in [6.45, 7) is 0. The van der Waals surface area contributed by atoms with Crippen molar-refractivity contribution in [1.82, 2.24) is 29.9 Å². The van der Waals surface area contributed by atoms with Gasteiger partial charge in [-0.05, 0) is 156 Å². The Hall–Kier alpha value is -16.3. The molecule has 10 nitrogen and oxygen atoms in total. The molecule has 6 heterocycles. The van der Waals surface area contributed by atoms with Crippen LogP contribution in [0.25, 0.3) is 239 Å². The van der Waals surface area contributed by atoms with Gasteiger partial charge in [0.1, 0.15) is 44.7 Å². The molecule has 17 aromatic carbocycles. The highest BCUT2D eigenvalue weighted by atomic mass is 16.3. The molecule has 0 aliphatic heterocycles. The Labute approximate surface area is 700 Å². The lowest BCUT2D eigenvalue weighted by molar-refractivity contribution is 0.667. The fraction of sp³-hybridized carbons (Fsp3) is 0.0179. The van der Waals surface area contributed by atoms with Crippen LogP contribution in [0.5, 0.6) is 0 Å². The molecular weight excluding hydrogens is 1490 g/mol. The Morgan fingerprint density at radius 1 is 0.213 bits per heavy atom. The van der Waals surface area contributed by atoms with Crippen LogP contribution >= 0.6 is 0 Å². The first-order valence-corrected chi connectivity index (χ1v) is 41.2. The molecule has 570 valence electrons. The molecule has 0 radical (unpaired) electrons. The standard InChI is InChI=1S/C112H68N6O4/c1-5-27-67(28-6-1)74-37-21-38-76(65-74)101-89(63-61-78(70-29-7-2-8-30-70)99(101)72-34-11-4-12-35-72)107-113-109(91-48-23-44-85-80-40-15-18-52-95(80)119-103(85)91)117-112(114-107)94-51-26-47-88-83-60-59-75(66-98(83)122-106(88)94)68-55-57-73(58-56-68)100-79(71-31-9-3-10-32-71)62-64-90(102(100)84-43-22-36-69-33-13-14-39-77(69)84)108-115-110(92-49-24-45-86-81-41-16-19-53-96(81)120-104(86)92)118-111(116-108)93-50-25-46-87-82-42-17-20-54-97(82)121-105(87)93/h1-55,57-66,68H,56H2. The quantitative estimate of drug-likeness (QED) is 0.104. The number of aromatic nitrogens is 6. The van der Waals surface area contributed by atoms with Crippen molar-refractivity contribution in [3.8, 4) is 135 Å². The first-order valence-electron chi connectivity index (χ1n) is 41.2. The second-order valence-corrected chi connectivity index (χ2v) is 31.2. The zero-order valence-electron chi connectivity index (χ0n) is 65.6. The summed E-state index contributed by atoms with van der Waals surface area (Å²) in [5, 5.41) is 10.1. The largest absolute Gasteiger partial charge is 0.455 e. The first kappa shape index (κ1) is 70.0. The molecule has 1 aliphatic carbocycles. The number of benzene rings is 17. The van der Waals surface area contributed by atoms with Crippen molar-refractivity contribution in [2.45, 2.75) is 12.3 Å². The molecule has 0 amide bonds. The van der Waals surface area contributed by atoms with Gasteiger partial charge in [-0.2, -0.15) is 0 Å². The van der Waals surface area contributed by atoms with E-state index in [1.165, 1.54) is 0 Å². The van der Waals surface area contributed by atoms with Crippen molar-refractivity contribution in [3.63, 3.8) is 0 Å². The molecule has 0 spiro atoms. The minimum Gasteiger partial charge on any atom is -0.455 e. The first-order chi connectivity index (χ1) is 60.5. The molecule has 122 heavy (non-hydrogen) atoms. The van der Waals surface area contributed by atoms with E-state index in [1.54, 1.807) is 0 Å². The van der Waals surface area contributed by atoms with Crippen LogP contribution in [0.2, 0.25) is 0 Å². The van der Waals surface area contributed by atoms with E-state index in [-0.39, 0.29) is 5.92 Å². The molecule has 23 aromatic rings. The molecule has 24 rings (SSSR count). The summed E-state index contributed by atoms with van der Waals surface area (Å²) < 4.78 is 27.7. The van der Waals surface area contributed by atoms with Gasteiger partial charge in [0.05, 0.1) is 22.3 Å². The van der Waals surface area contributed by atoms with Crippen molar-refractivity contribution in [2.75, 3.05) is 0 Å². The maximum atomic E-state index is 7.33. The number of allylic oxidation sites excluding steroid dienone is 4. The van der Waals surface area contributed by atoms with E-state index in [4.69, 9.17) is 47.6 Å². The van der Waals surface area contributed by atoms with Crippen molar-refractivity contribution in [1.29, 1.82) is 0 Å². The number of nitrogens with zero attached hydrogens (tertiary/aromatic N) is 6. The Bertz CT molecular complexity index is 8110. The maximum absolute atomic E-state index is 7.33. The molecule has 0 bridgehead atoms. The van der Waals surface area contributed by atoms with Gasteiger partial charge in [-0.3, -0.25) is 0 Å². The summed E-state index contributed by atoms with van der Waals surface area (Å²) in [6, 6.07) is 132. The lowest BCUT2D eigenvalue weighted by Gasteiger charge is -2.24. The number of hydrogen-bond acceptors (Lipinski definition) is 10. The number of fused-ring (bicyclic) bond motifs is 13. The SMILES string of the molecule is C1=CC(c2ccc3c(c2)oc2c(-c4nc(-c5ccc(-c6ccccc6)c(-c6ccccc6)c5-c5cccc(-c6ccccc6)c5)nc(-c5cccc6c5oc5ccccc56)n4)cccc23)CC=C1c1c(-c2ccccc2)ccc(-c2nc(-c3cccc4c3oc3ccccc34)nc(-c3cccc4c3oc3ccccc34)n2)c1-c1cccc2ccccc12. The Morgan fingerprint density at radius 3 is 1.05 bits per heavy atom. The minimum atomic E-state index is -0.0259. The van der Waals surface area contributed by atoms with Gasteiger partial charge in [0.25, 0.3) is 0 Å². The lowest BCUT2D eigenvalue weighted by Crippen LogP contribution is -2.05. The molecule has 1 aliphatic rings. The van der Waals surface area contributed by atoms with Gasteiger partial charge in [0.2, 0.25) is 0 Å². The molecule has 1 unspecified atom stereocenters. The number of rotatable bonds is 14. The maximum Gasteiger partial charge on any atom is 0.167 e. The Morgan fingerprint density at radius 2 is 0.557 bits per heavy atom. The number of furan rings is 4. The topological polar surface area (TPSA) is 130 Å². The number of hydrogen-bond donors (Lipinski definition) is 0. The third-order valence-electron chi connectivity index (χ3n) is 24.2. The van der Waals surface area contributed by atoms with Gasteiger partial charge >= 0.3 is 0 Å². The normalized spacial score (nSPS) is 13.0. The van der Waals surface area contributed by atoms with E-state index < -0.39 is 0 Å². The van der Waals surface area contributed by atoms with Crippen molar-refractivity contribution in [3.05, 3.63) is 405 Å². The average Bonchev–Trinajstić information content (AvgIpc) is 1.74. The molecule has 1 atom stereocenters. The zero-order chi connectivity index (χ0) is 80.3. The van der Waals surface area contributed by atoms with Crippen molar-refractivity contribution >= 4 is 104 Å². The predicted molar refractivity (Wildman–Crippen MR) is 496 cm³/mol. The summed E-state index contributed by atoms with van der Waals surface area (Å²) in [7, 11) is 0. The monoisotopic (exact) mass is 1560 g/mol. The second kappa shape index (κ2) is 28.8. The van der Waals surface area contributed by atoms with Crippen LogP contribution in [-0.2, 0) is 0 Å². The van der Waals surface area contributed by atoms with Crippen LogP contribution in [-0.4, -0.2) is 29.9 Å². The highest BCUT2D eigenvalue weighted by molar-refractivity contribution is 6.15. The molecular formula is C112H68N6O4. The van der Waals surface area contributed by atoms with Gasteiger partial charge in [0.15, 0.2) is 34.9 Å². The van der Waals surface area contributed by atoms with Crippen LogP contribution < -0.4 is 0 Å². The Kier molecular flexibility index (Phi) is 16.5. The highest BCUT2D eigenvalue weighted by Gasteiger charge is 2.30. The van der Waals surface area contributed by atoms with Gasteiger partial charge in [-0.15, -0.1) is 0 Å². The summed E-state index contributed by atoms with van der Waals surface area (Å²) in [5.74, 6) is 2.80. The molecule has 6 aromatic heterocycles. The smallest absolute Gasteiger partial charge is 0.167 e. The van der Waals surface area contributed by atoms with Gasteiger partial charge in [0, 0.05) is 71.3 Å². The fourth-order valence-corrected chi connectivity index (χ4v) is 18.5. The van der Waals surface area contributed by atoms with E-state index >= 15 is 0 Å². The number of para-hydroxylation sites is 7. The molecule has 0 fully saturated rings. The van der Waals surface area contributed by atoms with Crippen LogP contribution in [0.1, 0.15) is 23.5 Å². The summed E-state index contributed by atoms with van der Waals surface area (Å²) >= 11 is 0. The van der Waals surface area contributed by atoms with Crippen LogP contribution in [0, 0.1) is 0 Å². The fourth-order valence-electron chi connectivity index (χ4n) is 18.5. The van der Waals surface area contributed by atoms with Crippen molar-refractivity contribution < 1.29 is 17.7 Å². The second-order valence-electron chi connectivity index (χ2n) is 31.2. The van der Waals surface area contributed by atoms with E-state index in [0.29, 0.717) is 63.7 Å². The third kappa shape index (κ3) is 11.8. The highest BCUT2D eigenvalue weighted by Crippen LogP contribution is 2.52. The summed E-state index contributed by atoms with van der Waals surface area (Å²) in [4.78, 5) is 33.6. The summed E-state index contributed by atoms with van der Waals surface area (Å²) in [5.41, 5.74) is 26.3. The predicted octanol–water partition coefficient (Wildman–Crippen LogP) is 29.9.